The van der Waals surface area contributed by atoms with Crippen molar-refractivity contribution in [3.8, 4) is 11.5 Å². The third-order valence-electron chi connectivity index (χ3n) is 3.82. The zero-order chi connectivity index (χ0) is 15.1. The minimum absolute atomic E-state index is 0.432. The second-order valence-corrected chi connectivity index (χ2v) is 5.63. The van der Waals surface area contributed by atoms with Gasteiger partial charge < -0.3 is 14.8 Å². The number of rotatable bonds is 8. The van der Waals surface area contributed by atoms with Crippen LogP contribution in [0.3, 0.4) is 0 Å². The first kappa shape index (κ1) is 16.8. The fourth-order valence-corrected chi connectivity index (χ4v) is 2.64. The van der Waals surface area contributed by atoms with Crippen molar-refractivity contribution in [3.63, 3.8) is 0 Å². The van der Waals surface area contributed by atoms with Crippen molar-refractivity contribution < 1.29 is 9.47 Å². The molecule has 1 aromatic carbocycles. The maximum atomic E-state index is 5.40. The number of hydrogen-bond acceptors (Lipinski definition) is 3. The highest BCUT2D eigenvalue weighted by Gasteiger charge is 2.22. The first-order valence-corrected chi connectivity index (χ1v) is 7.50. The van der Waals surface area contributed by atoms with E-state index in [0.29, 0.717) is 17.9 Å². The highest BCUT2D eigenvalue weighted by Crippen LogP contribution is 2.32. The Morgan fingerprint density at radius 3 is 2.20 bits per heavy atom. The molecule has 0 aliphatic carbocycles. The summed E-state index contributed by atoms with van der Waals surface area (Å²) in [6.07, 6.45) is 1.15. The number of methoxy groups -OCH3 is 2. The fraction of sp³-hybridized carbons (Fsp3) is 0.647. The summed E-state index contributed by atoms with van der Waals surface area (Å²) in [6.45, 7) is 10.1. The van der Waals surface area contributed by atoms with Crippen molar-refractivity contribution >= 4 is 0 Å². The lowest BCUT2D eigenvalue weighted by Gasteiger charge is -2.29. The Hall–Kier alpha value is -1.22. The van der Waals surface area contributed by atoms with Crippen molar-refractivity contribution in [2.24, 2.45) is 5.92 Å². The molecule has 0 spiro atoms. The Kier molecular flexibility index (Phi) is 6.86. The molecule has 114 valence electrons. The maximum Gasteiger partial charge on any atom is 0.160 e. The molecule has 0 amide bonds. The molecule has 3 heteroatoms. The van der Waals surface area contributed by atoms with Gasteiger partial charge in [-0.15, -0.1) is 0 Å². The highest BCUT2D eigenvalue weighted by atomic mass is 16.5. The average Bonchev–Trinajstić information content (AvgIpc) is 2.46. The summed E-state index contributed by atoms with van der Waals surface area (Å²) < 4.78 is 10.7. The molecule has 0 saturated carbocycles. The van der Waals surface area contributed by atoms with Crippen LogP contribution < -0.4 is 14.8 Å². The first-order valence-electron chi connectivity index (χ1n) is 7.50. The van der Waals surface area contributed by atoms with Gasteiger partial charge in [-0.3, -0.25) is 0 Å². The molecule has 3 nitrogen and oxygen atoms in total. The summed E-state index contributed by atoms with van der Waals surface area (Å²) in [4.78, 5) is 0. The van der Waals surface area contributed by atoms with Gasteiger partial charge in [-0.25, -0.2) is 0 Å². The van der Waals surface area contributed by atoms with E-state index in [1.54, 1.807) is 14.2 Å². The Balaban J connectivity index is 2.96. The van der Waals surface area contributed by atoms with Gasteiger partial charge in [-0.1, -0.05) is 33.8 Å². The van der Waals surface area contributed by atoms with E-state index in [2.05, 4.69) is 45.1 Å². The smallest absolute Gasteiger partial charge is 0.160 e. The van der Waals surface area contributed by atoms with E-state index < -0.39 is 0 Å². The predicted molar refractivity (Wildman–Crippen MR) is 84.9 cm³/mol. The van der Waals surface area contributed by atoms with E-state index in [4.69, 9.17) is 9.47 Å². The number of nitrogens with one attached hydrogen (secondary N) is 1. The van der Waals surface area contributed by atoms with Crippen LogP contribution in [-0.4, -0.2) is 26.8 Å². The molecule has 0 aliphatic heterocycles. The molecule has 20 heavy (non-hydrogen) atoms. The Labute approximate surface area is 123 Å². The minimum Gasteiger partial charge on any atom is -0.493 e. The number of benzene rings is 1. The van der Waals surface area contributed by atoms with E-state index in [0.717, 1.165) is 24.5 Å². The van der Waals surface area contributed by atoms with Crippen LogP contribution in [0.15, 0.2) is 18.2 Å². The average molecular weight is 279 g/mol. The number of hydrogen-bond donors (Lipinski definition) is 1. The zero-order valence-electron chi connectivity index (χ0n) is 13.7. The van der Waals surface area contributed by atoms with Crippen LogP contribution >= 0.6 is 0 Å². The van der Waals surface area contributed by atoms with Crippen LogP contribution in [0, 0.1) is 5.92 Å². The van der Waals surface area contributed by atoms with Gasteiger partial charge in [0.25, 0.3) is 0 Å². The quantitative estimate of drug-likeness (QED) is 0.784. The van der Waals surface area contributed by atoms with Gasteiger partial charge in [0.1, 0.15) is 0 Å². The second kappa shape index (κ2) is 8.15. The Bertz CT molecular complexity index is 404. The summed E-state index contributed by atoms with van der Waals surface area (Å²) in [5.74, 6) is 2.60. The molecule has 2 unspecified atom stereocenters. The van der Waals surface area contributed by atoms with Crippen molar-refractivity contribution in [1.29, 1.82) is 0 Å². The van der Waals surface area contributed by atoms with Gasteiger partial charge >= 0.3 is 0 Å². The van der Waals surface area contributed by atoms with Crippen molar-refractivity contribution in [2.45, 2.75) is 46.1 Å². The Morgan fingerprint density at radius 1 is 1.05 bits per heavy atom. The summed E-state index contributed by atoms with van der Waals surface area (Å²) in [6, 6.07) is 6.68. The van der Waals surface area contributed by atoms with Crippen LogP contribution in [0.25, 0.3) is 0 Å². The van der Waals surface area contributed by atoms with Crippen LogP contribution in [0.4, 0.5) is 0 Å². The Morgan fingerprint density at radius 2 is 1.70 bits per heavy atom. The van der Waals surface area contributed by atoms with Gasteiger partial charge in [0.2, 0.25) is 0 Å². The summed E-state index contributed by atoms with van der Waals surface area (Å²) in [5.41, 5.74) is 1.28. The number of ether oxygens (including phenoxy) is 2. The van der Waals surface area contributed by atoms with Crippen molar-refractivity contribution in [2.75, 3.05) is 20.8 Å². The summed E-state index contributed by atoms with van der Waals surface area (Å²) in [5, 5.41) is 3.66. The van der Waals surface area contributed by atoms with E-state index in [-0.39, 0.29) is 0 Å². The largest absolute Gasteiger partial charge is 0.493 e. The molecule has 1 aromatic rings. The maximum absolute atomic E-state index is 5.40. The predicted octanol–water partition coefficient (Wildman–Crippen LogP) is 3.83. The van der Waals surface area contributed by atoms with Crippen LogP contribution in [-0.2, 0) is 0 Å². The molecule has 0 radical (unpaired) electrons. The molecule has 0 aromatic heterocycles. The van der Waals surface area contributed by atoms with Gasteiger partial charge in [0.15, 0.2) is 11.5 Å². The van der Waals surface area contributed by atoms with Crippen molar-refractivity contribution in [1.82, 2.24) is 5.32 Å². The van der Waals surface area contributed by atoms with E-state index in [1.165, 1.54) is 5.56 Å². The topological polar surface area (TPSA) is 30.5 Å². The van der Waals surface area contributed by atoms with Gasteiger partial charge in [-0.2, -0.15) is 0 Å². The second-order valence-electron chi connectivity index (χ2n) is 5.63. The van der Waals surface area contributed by atoms with Gasteiger partial charge in [0.05, 0.1) is 14.2 Å². The lowest BCUT2D eigenvalue weighted by Crippen LogP contribution is -2.38. The van der Waals surface area contributed by atoms with Crippen molar-refractivity contribution in [3.05, 3.63) is 23.8 Å². The molecule has 0 fully saturated rings. The monoisotopic (exact) mass is 279 g/mol. The molecule has 0 saturated heterocycles. The molecular weight excluding hydrogens is 250 g/mol. The van der Waals surface area contributed by atoms with E-state index in [1.807, 2.05) is 6.07 Å². The molecule has 1 N–H and O–H groups in total. The summed E-state index contributed by atoms with van der Waals surface area (Å²) >= 11 is 0. The first-order chi connectivity index (χ1) is 9.54. The normalized spacial score (nSPS) is 14.2. The van der Waals surface area contributed by atoms with E-state index >= 15 is 0 Å². The third-order valence-corrected chi connectivity index (χ3v) is 3.82. The lowest BCUT2D eigenvalue weighted by atomic mass is 9.86. The molecule has 1 rings (SSSR count). The fourth-order valence-electron chi connectivity index (χ4n) is 2.64. The van der Waals surface area contributed by atoms with Gasteiger partial charge in [-0.05, 0) is 42.5 Å². The SMILES string of the molecule is CCCNC(C(C)C)C(C)c1ccc(OC)c(OC)c1. The van der Waals surface area contributed by atoms with Crippen LogP contribution in [0.5, 0.6) is 11.5 Å². The molecule has 2 atom stereocenters. The highest BCUT2D eigenvalue weighted by molar-refractivity contribution is 5.44. The van der Waals surface area contributed by atoms with Gasteiger partial charge in [0, 0.05) is 6.04 Å². The summed E-state index contributed by atoms with van der Waals surface area (Å²) in [7, 11) is 3.35. The molecule has 0 heterocycles. The minimum atomic E-state index is 0.432. The third kappa shape index (κ3) is 4.14. The van der Waals surface area contributed by atoms with Crippen LogP contribution in [0.1, 0.15) is 45.6 Å². The zero-order valence-corrected chi connectivity index (χ0v) is 13.7. The van der Waals surface area contributed by atoms with Crippen LogP contribution in [0.2, 0.25) is 0 Å². The lowest BCUT2D eigenvalue weighted by molar-refractivity contribution is 0.344. The standard InChI is InChI=1S/C17H29NO2/c1-7-10-18-17(12(2)3)13(4)14-8-9-15(19-5)16(11-14)20-6/h8-9,11-13,17-18H,7,10H2,1-6H3. The molecular formula is C17H29NO2. The molecule has 0 bridgehead atoms. The van der Waals surface area contributed by atoms with E-state index in [9.17, 15) is 0 Å². The molecule has 0 aliphatic rings.